The minimum absolute atomic E-state index is 0.0375. The Labute approximate surface area is 121 Å². The molecule has 0 saturated heterocycles. The second kappa shape index (κ2) is 5.87. The van der Waals surface area contributed by atoms with E-state index in [4.69, 9.17) is 4.42 Å². The number of nitrogens with one attached hydrogen (secondary N) is 2. The molecule has 0 radical (unpaired) electrons. The van der Waals surface area contributed by atoms with Gasteiger partial charge in [-0.2, -0.15) is 0 Å². The molecule has 1 saturated carbocycles. The van der Waals surface area contributed by atoms with Crippen LogP contribution in [-0.4, -0.2) is 21.5 Å². The normalized spacial score (nSPS) is 17.4. The van der Waals surface area contributed by atoms with E-state index in [1.807, 2.05) is 6.92 Å². The van der Waals surface area contributed by atoms with E-state index in [1.165, 1.54) is 12.8 Å². The maximum atomic E-state index is 12.6. The van der Waals surface area contributed by atoms with Crippen molar-refractivity contribution in [1.82, 2.24) is 10.0 Å². The number of rotatable bonds is 7. The third kappa shape index (κ3) is 3.42. The number of aryl methyl sites for hydroxylation is 2. The topological polar surface area (TPSA) is 71.3 Å². The van der Waals surface area contributed by atoms with E-state index in [1.54, 1.807) is 20.9 Å². The van der Waals surface area contributed by atoms with Crippen LogP contribution in [0.15, 0.2) is 9.31 Å². The molecular weight excluding hydrogens is 276 g/mol. The zero-order valence-electron chi connectivity index (χ0n) is 12.6. The summed E-state index contributed by atoms with van der Waals surface area (Å²) in [5.74, 6) is 1.81. The summed E-state index contributed by atoms with van der Waals surface area (Å²) in [7, 11) is -1.73. The third-order valence-corrected chi connectivity index (χ3v) is 5.47. The van der Waals surface area contributed by atoms with Crippen molar-refractivity contribution in [3.05, 3.63) is 17.1 Å². The van der Waals surface area contributed by atoms with Gasteiger partial charge in [0, 0.05) is 18.2 Å². The first-order chi connectivity index (χ1) is 9.35. The first-order valence-electron chi connectivity index (χ1n) is 7.11. The molecule has 0 amide bonds. The Kier molecular flexibility index (Phi) is 4.56. The van der Waals surface area contributed by atoms with Gasteiger partial charge in [0.25, 0.3) is 0 Å². The molecule has 1 atom stereocenters. The predicted octanol–water partition coefficient (Wildman–Crippen LogP) is 2.08. The summed E-state index contributed by atoms with van der Waals surface area (Å²) in [6.07, 6.45) is 3.36. The van der Waals surface area contributed by atoms with Gasteiger partial charge in [0.15, 0.2) is 0 Å². The second-order valence-electron chi connectivity index (χ2n) is 5.75. The number of furan rings is 1. The first kappa shape index (κ1) is 15.5. The second-order valence-corrected chi connectivity index (χ2v) is 7.40. The minimum Gasteiger partial charge on any atom is -0.465 e. The van der Waals surface area contributed by atoms with Gasteiger partial charge in [0.1, 0.15) is 16.4 Å². The van der Waals surface area contributed by atoms with Crippen LogP contribution in [0, 0.1) is 19.8 Å². The van der Waals surface area contributed by atoms with Gasteiger partial charge in [-0.25, -0.2) is 13.1 Å². The fourth-order valence-electron chi connectivity index (χ4n) is 2.67. The number of sulfonamides is 1. The van der Waals surface area contributed by atoms with Gasteiger partial charge < -0.3 is 9.73 Å². The Balaban J connectivity index is 2.23. The Morgan fingerprint density at radius 2 is 1.95 bits per heavy atom. The van der Waals surface area contributed by atoms with Gasteiger partial charge in [-0.05, 0) is 40.2 Å². The molecule has 0 aliphatic heterocycles. The van der Waals surface area contributed by atoms with Gasteiger partial charge in [0.05, 0.1) is 0 Å². The average Bonchev–Trinajstić information content (AvgIpc) is 3.05. The maximum absolute atomic E-state index is 12.6. The molecule has 0 aromatic carbocycles. The van der Waals surface area contributed by atoms with Crippen molar-refractivity contribution < 1.29 is 12.8 Å². The van der Waals surface area contributed by atoms with Gasteiger partial charge in [-0.15, -0.1) is 0 Å². The zero-order chi connectivity index (χ0) is 14.9. The van der Waals surface area contributed by atoms with Crippen molar-refractivity contribution in [2.24, 2.45) is 5.92 Å². The fourth-order valence-corrected chi connectivity index (χ4v) is 4.37. The van der Waals surface area contributed by atoms with E-state index in [-0.39, 0.29) is 6.04 Å². The average molecular weight is 300 g/mol. The molecule has 1 heterocycles. The van der Waals surface area contributed by atoms with E-state index in [9.17, 15) is 8.42 Å². The summed E-state index contributed by atoms with van der Waals surface area (Å²) < 4.78 is 33.4. The van der Waals surface area contributed by atoms with Crippen LogP contribution in [0.5, 0.6) is 0 Å². The van der Waals surface area contributed by atoms with Crippen molar-refractivity contribution >= 4 is 10.0 Å². The SMILES string of the molecule is CNCc1c(C)oc(C)c1S(=O)(=O)NC(C)CC1CC1. The van der Waals surface area contributed by atoms with Gasteiger partial charge in [-0.3, -0.25) is 0 Å². The highest BCUT2D eigenvalue weighted by Gasteiger charge is 2.30. The third-order valence-electron chi connectivity index (χ3n) is 3.69. The highest BCUT2D eigenvalue weighted by molar-refractivity contribution is 7.89. The van der Waals surface area contributed by atoms with Gasteiger partial charge in [0.2, 0.25) is 10.0 Å². The zero-order valence-corrected chi connectivity index (χ0v) is 13.4. The highest BCUT2D eigenvalue weighted by Crippen LogP contribution is 2.34. The highest BCUT2D eigenvalue weighted by atomic mass is 32.2. The van der Waals surface area contributed by atoms with Crippen molar-refractivity contribution in [2.45, 2.75) is 57.5 Å². The minimum atomic E-state index is -3.52. The lowest BCUT2D eigenvalue weighted by molar-refractivity contribution is 0.491. The molecule has 1 unspecified atom stereocenters. The molecule has 0 bridgehead atoms. The molecule has 1 fully saturated rings. The van der Waals surface area contributed by atoms with Gasteiger partial charge >= 0.3 is 0 Å². The van der Waals surface area contributed by atoms with Crippen LogP contribution in [0.4, 0.5) is 0 Å². The summed E-state index contributed by atoms with van der Waals surface area (Å²) >= 11 is 0. The van der Waals surface area contributed by atoms with Gasteiger partial charge in [-0.1, -0.05) is 12.8 Å². The van der Waals surface area contributed by atoms with E-state index in [0.29, 0.717) is 28.9 Å². The standard InChI is InChI=1S/C14H24N2O3S/c1-9(7-12-5-6-12)16-20(17,18)14-11(3)19-10(2)13(14)8-15-4/h9,12,15-16H,5-8H2,1-4H3. The number of hydrogen-bond acceptors (Lipinski definition) is 4. The van der Waals surface area contributed by atoms with Crippen molar-refractivity contribution in [3.63, 3.8) is 0 Å². The summed E-state index contributed by atoms with van der Waals surface area (Å²) in [4.78, 5) is 0.298. The monoisotopic (exact) mass is 300 g/mol. The molecular formula is C14H24N2O3S. The quantitative estimate of drug-likeness (QED) is 0.809. The largest absolute Gasteiger partial charge is 0.465 e. The van der Waals surface area contributed by atoms with Crippen LogP contribution < -0.4 is 10.0 Å². The molecule has 2 rings (SSSR count). The summed E-state index contributed by atoms with van der Waals surface area (Å²) in [6, 6.07) is -0.0375. The molecule has 114 valence electrons. The summed E-state index contributed by atoms with van der Waals surface area (Å²) in [6.45, 7) is 5.91. The molecule has 2 N–H and O–H groups in total. The Morgan fingerprint density at radius 3 is 2.50 bits per heavy atom. The summed E-state index contributed by atoms with van der Waals surface area (Å²) in [5.41, 5.74) is 0.719. The molecule has 6 heteroatoms. The fraction of sp³-hybridized carbons (Fsp3) is 0.714. The van der Waals surface area contributed by atoms with Crippen LogP contribution in [0.3, 0.4) is 0 Å². The maximum Gasteiger partial charge on any atom is 0.244 e. The lowest BCUT2D eigenvalue weighted by atomic mass is 10.2. The van der Waals surface area contributed by atoms with E-state index in [0.717, 1.165) is 12.0 Å². The Hall–Kier alpha value is -0.850. The van der Waals surface area contributed by atoms with E-state index >= 15 is 0 Å². The molecule has 20 heavy (non-hydrogen) atoms. The molecule has 1 aromatic heterocycles. The Bertz CT molecular complexity index is 573. The van der Waals surface area contributed by atoms with Crippen LogP contribution in [0.25, 0.3) is 0 Å². The van der Waals surface area contributed by atoms with Crippen molar-refractivity contribution in [3.8, 4) is 0 Å². The molecule has 1 aliphatic rings. The first-order valence-corrected chi connectivity index (χ1v) is 8.59. The molecule has 1 aliphatic carbocycles. The molecule has 1 aromatic rings. The van der Waals surface area contributed by atoms with Crippen LogP contribution in [-0.2, 0) is 16.6 Å². The van der Waals surface area contributed by atoms with Crippen LogP contribution in [0.2, 0.25) is 0 Å². The molecule has 5 nitrogen and oxygen atoms in total. The van der Waals surface area contributed by atoms with Crippen LogP contribution in [0.1, 0.15) is 43.3 Å². The predicted molar refractivity (Wildman–Crippen MR) is 78.1 cm³/mol. The number of hydrogen-bond donors (Lipinski definition) is 2. The smallest absolute Gasteiger partial charge is 0.244 e. The van der Waals surface area contributed by atoms with Crippen LogP contribution >= 0.6 is 0 Å². The van der Waals surface area contributed by atoms with E-state index < -0.39 is 10.0 Å². The van der Waals surface area contributed by atoms with Crippen molar-refractivity contribution in [1.29, 1.82) is 0 Å². The van der Waals surface area contributed by atoms with Crippen molar-refractivity contribution in [2.75, 3.05) is 7.05 Å². The summed E-state index contributed by atoms with van der Waals surface area (Å²) in [5, 5.41) is 2.99. The van der Waals surface area contributed by atoms with E-state index in [2.05, 4.69) is 10.0 Å². The lowest BCUT2D eigenvalue weighted by Gasteiger charge is -2.14. The lowest BCUT2D eigenvalue weighted by Crippen LogP contribution is -2.33. The molecule has 0 spiro atoms. The Morgan fingerprint density at radius 1 is 1.30 bits per heavy atom.